The summed E-state index contributed by atoms with van der Waals surface area (Å²) in [6.45, 7) is 2.34. The van der Waals surface area contributed by atoms with E-state index in [1.807, 2.05) is 6.92 Å². The largest absolute Gasteiger partial charge is 0.505 e. The fraction of sp³-hybridized carbons (Fsp3) is 0.417. The van der Waals surface area contributed by atoms with Crippen molar-refractivity contribution in [2.45, 2.75) is 26.2 Å². The Labute approximate surface area is 121 Å². The molecule has 0 saturated carbocycles. The summed E-state index contributed by atoms with van der Waals surface area (Å²) in [7, 11) is 0. The van der Waals surface area contributed by atoms with Crippen LogP contribution < -0.4 is 0 Å². The second-order valence-corrected chi connectivity index (χ2v) is 4.89. The maximum atomic E-state index is 11.7. The van der Waals surface area contributed by atoms with Gasteiger partial charge in [-0.1, -0.05) is 54.6 Å². The molecule has 0 radical (unpaired) electrons. The normalized spacial score (nSPS) is 10.4. The molecule has 0 aliphatic rings. The van der Waals surface area contributed by atoms with Crippen LogP contribution in [0.25, 0.3) is 0 Å². The van der Waals surface area contributed by atoms with Gasteiger partial charge >= 0.3 is 5.97 Å². The third kappa shape index (κ3) is 3.67. The molecule has 3 nitrogen and oxygen atoms in total. The Balaban J connectivity index is 2.80. The van der Waals surface area contributed by atoms with Crippen LogP contribution in [-0.4, -0.2) is 17.7 Å². The number of benzene rings is 1. The molecule has 18 heavy (non-hydrogen) atoms. The molecular weight excluding hydrogens is 298 g/mol. The number of rotatable bonds is 5. The Kier molecular flexibility index (Phi) is 6.06. The summed E-state index contributed by atoms with van der Waals surface area (Å²) in [5.41, 5.74) is -0.0779. The zero-order valence-electron chi connectivity index (χ0n) is 9.80. The van der Waals surface area contributed by atoms with Crippen molar-refractivity contribution in [1.29, 1.82) is 0 Å². The van der Waals surface area contributed by atoms with Gasteiger partial charge in [0.25, 0.3) is 0 Å². The summed E-state index contributed by atoms with van der Waals surface area (Å²) in [5, 5.41) is 9.66. The standard InChI is InChI=1S/C12H13Cl3O3/c1-2-3-4-5-18-12(17)7-6-8(13)9(14)10(15)11(7)16/h6,16H,2-5H2,1H3. The lowest BCUT2D eigenvalue weighted by molar-refractivity contribution is 0.0495. The third-order valence-electron chi connectivity index (χ3n) is 2.34. The Hall–Kier alpha value is -0.640. The molecule has 0 saturated heterocycles. The van der Waals surface area contributed by atoms with Crippen molar-refractivity contribution in [3.63, 3.8) is 0 Å². The number of carbonyl (C=O) groups is 1. The fourth-order valence-corrected chi connectivity index (χ4v) is 1.94. The van der Waals surface area contributed by atoms with E-state index >= 15 is 0 Å². The van der Waals surface area contributed by atoms with E-state index in [0.717, 1.165) is 19.3 Å². The minimum absolute atomic E-state index is 0.0124. The van der Waals surface area contributed by atoms with Crippen molar-refractivity contribution < 1.29 is 14.6 Å². The van der Waals surface area contributed by atoms with E-state index in [4.69, 9.17) is 39.5 Å². The van der Waals surface area contributed by atoms with Gasteiger partial charge in [0.1, 0.15) is 16.3 Å². The Bertz CT molecular complexity index is 447. The number of ether oxygens (including phenoxy) is 1. The number of phenolic OH excluding ortho intramolecular Hbond substituents is 1. The van der Waals surface area contributed by atoms with Crippen molar-refractivity contribution in [2.75, 3.05) is 6.61 Å². The predicted octanol–water partition coefficient (Wildman–Crippen LogP) is 4.70. The van der Waals surface area contributed by atoms with Gasteiger partial charge in [0.2, 0.25) is 0 Å². The van der Waals surface area contributed by atoms with Gasteiger partial charge in [-0.2, -0.15) is 0 Å². The number of esters is 1. The smallest absolute Gasteiger partial charge is 0.342 e. The summed E-state index contributed by atoms with van der Waals surface area (Å²) in [6, 6.07) is 1.24. The van der Waals surface area contributed by atoms with Crippen LogP contribution in [0, 0.1) is 0 Å². The van der Waals surface area contributed by atoms with Crippen LogP contribution in [-0.2, 0) is 4.74 Å². The maximum Gasteiger partial charge on any atom is 0.342 e. The van der Waals surface area contributed by atoms with Crippen molar-refractivity contribution in [3.05, 3.63) is 26.7 Å². The average Bonchev–Trinajstić information content (AvgIpc) is 2.36. The number of hydrogen-bond donors (Lipinski definition) is 1. The highest BCUT2D eigenvalue weighted by molar-refractivity contribution is 6.49. The molecular formula is C12H13Cl3O3. The van der Waals surface area contributed by atoms with Gasteiger partial charge in [0.15, 0.2) is 0 Å². The molecule has 0 unspecified atom stereocenters. The molecule has 0 atom stereocenters. The molecule has 0 aliphatic carbocycles. The highest BCUT2D eigenvalue weighted by Gasteiger charge is 2.20. The number of carbonyl (C=O) groups excluding carboxylic acids is 1. The third-order valence-corrected chi connectivity index (χ3v) is 3.59. The lowest BCUT2D eigenvalue weighted by Gasteiger charge is -2.09. The van der Waals surface area contributed by atoms with Crippen LogP contribution in [0.1, 0.15) is 36.5 Å². The number of aromatic hydroxyl groups is 1. The molecule has 6 heteroatoms. The van der Waals surface area contributed by atoms with Crippen LogP contribution in [0.5, 0.6) is 5.75 Å². The van der Waals surface area contributed by atoms with E-state index in [-0.39, 0.29) is 20.6 Å². The molecule has 0 spiro atoms. The average molecular weight is 312 g/mol. The quantitative estimate of drug-likeness (QED) is 0.487. The highest BCUT2D eigenvalue weighted by Crippen LogP contribution is 2.39. The molecule has 0 heterocycles. The van der Waals surface area contributed by atoms with Gasteiger partial charge < -0.3 is 9.84 Å². The zero-order chi connectivity index (χ0) is 13.7. The molecule has 0 aliphatic heterocycles. The van der Waals surface area contributed by atoms with E-state index in [9.17, 15) is 9.90 Å². The van der Waals surface area contributed by atoms with Crippen LogP contribution >= 0.6 is 34.8 Å². The van der Waals surface area contributed by atoms with Gasteiger partial charge in [-0.05, 0) is 12.5 Å². The molecule has 0 fully saturated rings. The first-order chi connectivity index (χ1) is 8.49. The topological polar surface area (TPSA) is 46.5 Å². The number of hydrogen-bond acceptors (Lipinski definition) is 3. The number of unbranched alkanes of at least 4 members (excludes halogenated alkanes) is 2. The summed E-state index contributed by atoms with van der Waals surface area (Å²) in [4.78, 5) is 11.7. The minimum atomic E-state index is -0.663. The van der Waals surface area contributed by atoms with E-state index in [1.165, 1.54) is 6.07 Å². The number of halogens is 3. The van der Waals surface area contributed by atoms with Gasteiger partial charge in [-0.3, -0.25) is 0 Å². The van der Waals surface area contributed by atoms with Crippen molar-refractivity contribution in [3.8, 4) is 5.75 Å². The van der Waals surface area contributed by atoms with E-state index in [1.54, 1.807) is 0 Å². The van der Waals surface area contributed by atoms with Gasteiger partial charge in [0.05, 0.1) is 16.7 Å². The van der Waals surface area contributed by atoms with Crippen molar-refractivity contribution in [2.24, 2.45) is 0 Å². The van der Waals surface area contributed by atoms with Crippen molar-refractivity contribution in [1.82, 2.24) is 0 Å². The summed E-state index contributed by atoms with van der Waals surface area (Å²) < 4.78 is 5.00. The number of phenols is 1. The Morgan fingerprint density at radius 3 is 2.56 bits per heavy atom. The molecule has 0 bridgehead atoms. The first-order valence-electron chi connectivity index (χ1n) is 5.52. The first-order valence-corrected chi connectivity index (χ1v) is 6.66. The SMILES string of the molecule is CCCCCOC(=O)c1cc(Cl)c(Cl)c(Cl)c1O. The Morgan fingerprint density at radius 1 is 1.28 bits per heavy atom. The Morgan fingerprint density at radius 2 is 1.94 bits per heavy atom. The molecule has 0 amide bonds. The maximum absolute atomic E-state index is 11.7. The molecule has 1 N–H and O–H groups in total. The second kappa shape index (κ2) is 7.07. The molecule has 1 rings (SSSR count). The van der Waals surface area contributed by atoms with Crippen LogP contribution in [0.4, 0.5) is 0 Å². The lowest BCUT2D eigenvalue weighted by Crippen LogP contribution is -2.07. The summed E-state index contributed by atoms with van der Waals surface area (Å²) in [6.07, 6.45) is 2.78. The van der Waals surface area contributed by atoms with Gasteiger partial charge in [0, 0.05) is 0 Å². The van der Waals surface area contributed by atoms with E-state index in [0.29, 0.717) is 6.61 Å². The predicted molar refractivity (Wildman–Crippen MR) is 72.9 cm³/mol. The van der Waals surface area contributed by atoms with E-state index < -0.39 is 11.7 Å². The highest BCUT2D eigenvalue weighted by atomic mass is 35.5. The van der Waals surface area contributed by atoms with Gasteiger partial charge in [-0.15, -0.1) is 0 Å². The molecule has 1 aromatic carbocycles. The van der Waals surface area contributed by atoms with E-state index in [2.05, 4.69) is 0 Å². The molecule has 0 aromatic heterocycles. The summed E-state index contributed by atoms with van der Waals surface area (Å²) in [5.74, 6) is -1.07. The van der Waals surface area contributed by atoms with Crippen LogP contribution in [0.3, 0.4) is 0 Å². The first kappa shape index (κ1) is 15.4. The van der Waals surface area contributed by atoms with Crippen molar-refractivity contribution >= 4 is 40.8 Å². The monoisotopic (exact) mass is 310 g/mol. The molecule has 1 aromatic rings. The minimum Gasteiger partial charge on any atom is -0.505 e. The summed E-state index contributed by atoms with van der Waals surface area (Å²) >= 11 is 17.3. The lowest BCUT2D eigenvalue weighted by atomic mass is 10.2. The molecule has 100 valence electrons. The van der Waals surface area contributed by atoms with Gasteiger partial charge in [-0.25, -0.2) is 4.79 Å². The van der Waals surface area contributed by atoms with Crippen LogP contribution in [0.15, 0.2) is 6.07 Å². The fourth-order valence-electron chi connectivity index (χ4n) is 1.34. The zero-order valence-corrected chi connectivity index (χ0v) is 12.1. The van der Waals surface area contributed by atoms with Crippen LogP contribution in [0.2, 0.25) is 15.1 Å². The second-order valence-electron chi connectivity index (χ2n) is 3.73.